The van der Waals surface area contributed by atoms with Gasteiger partial charge in [-0.1, -0.05) is 23.2 Å². The summed E-state index contributed by atoms with van der Waals surface area (Å²) >= 11 is 11.6. The molecule has 0 heterocycles. The minimum absolute atomic E-state index is 0.0179. The molecular formula is C13H10Cl2FN3O. The smallest absolute Gasteiger partial charge is 0.323 e. The molecule has 0 bridgehead atoms. The van der Waals surface area contributed by atoms with Gasteiger partial charge >= 0.3 is 6.03 Å². The van der Waals surface area contributed by atoms with Gasteiger partial charge in [-0.2, -0.15) is 0 Å². The van der Waals surface area contributed by atoms with Crippen molar-refractivity contribution in [2.24, 2.45) is 0 Å². The normalized spacial score (nSPS) is 10.2. The van der Waals surface area contributed by atoms with Crippen molar-refractivity contribution in [2.75, 3.05) is 16.4 Å². The van der Waals surface area contributed by atoms with Crippen LogP contribution in [0, 0.1) is 5.82 Å². The van der Waals surface area contributed by atoms with E-state index in [-0.39, 0.29) is 5.69 Å². The van der Waals surface area contributed by atoms with E-state index < -0.39 is 11.8 Å². The van der Waals surface area contributed by atoms with Gasteiger partial charge in [0.25, 0.3) is 0 Å². The van der Waals surface area contributed by atoms with Gasteiger partial charge in [0.05, 0.1) is 5.69 Å². The predicted molar refractivity (Wildman–Crippen MR) is 79.9 cm³/mol. The maximum absolute atomic E-state index is 13.5. The first kappa shape index (κ1) is 14.4. The maximum atomic E-state index is 13.5. The van der Waals surface area contributed by atoms with E-state index in [9.17, 15) is 9.18 Å². The van der Waals surface area contributed by atoms with E-state index in [1.54, 1.807) is 0 Å². The summed E-state index contributed by atoms with van der Waals surface area (Å²) in [5.41, 5.74) is 6.24. The van der Waals surface area contributed by atoms with E-state index in [0.717, 1.165) is 0 Å². The molecule has 0 spiro atoms. The van der Waals surface area contributed by atoms with Crippen LogP contribution in [0.4, 0.5) is 26.2 Å². The first-order valence-corrected chi connectivity index (χ1v) is 6.29. The van der Waals surface area contributed by atoms with E-state index >= 15 is 0 Å². The highest BCUT2D eigenvalue weighted by Crippen LogP contribution is 2.23. The number of hydrogen-bond donors (Lipinski definition) is 3. The van der Waals surface area contributed by atoms with Crippen molar-refractivity contribution >= 4 is 46.3 Å². The Hall–Kier alpha value is -1.98. The minimum Gasteiger partial charge on any atom is -0.399 e. The lowest BCUT2D eigenvalue weighted by Gasteiger charge is -2.09. The zero-order chi connectivity index (χ0) is 14.7. The highest BCUT2D eigenvalue weighted by atomic mass is 35.5. The highest BCUT2D eigenvalue weighted by molar-refractivity contribution is 6.35. The molecule has 0 aromatic heterocycles. The third-order valence-corrected chi connectivity index (χ3v) is 2.80. The van der Waals surface area contributed by atoms with Crippen molar-refractivity contribution in [3.8, 4) is 0 Å². The lowest BCUT2D eigenvalue weighted by Crippen LogP contribution is -2.20. The van der Waals surface area contributed by atoms with Crippen LogP contribution >= 0.6 is 23.2 Å². The number of hydrogen-bond acceptors (Lipinski definition) is 2. The highest BCUT2D eigenvalue weighted by Gasteiger charge is 2.08. The molecule has 2 aromatic carbocycles. The third-order valence-electron chi connectivity index (χ3n) is 2.36. The maximum Gasteiger partial charge on any atom is 0.323 e. The summed E-state index contributed by atoms with van der Waals surface area (Å²) in [5, 5.41) is 5.59. The van der Waals surface area contributed by atoms with Gasteiger partial charge in [-0.05, 0) is 36.4 Å². The number of amides is 2. The molecule has 7 heteroatoms. The average molecular weight is 314 g/mol. The minimum atomic E-state index is -0.632. The van der Waals surface area contributed by atoms with Crippen molar-refractivity contribution in [3.63, 3.8) is 0 Å². The van der Waals surface area contributed by atoms with Crippen molar-refractivity contribution in [2.45, 2.75) is 0 Å². The summed E-state index contributed by atoms with van der Waals surface area (Å²) in [6.07, 6.45) is 0. The molecule has 0 unspecified atom stereocenters. The number of carbonyl (C=O) groups is 1. The Bertz CT molecular complexity index is 644. The van der Waals surface area contributed by atoms with Crippen LogP contribution in [0.3, 0.4) is 0 Å². The molecule has 4 nitrogen and oxygen atoms in total. The van der Waals surface area contributed by atoms with Crippen LogP contribution in [0.1, 0.15) is 0 Å². The van der Waals surface area contributed by atoms with E-state index in [2.05, 4.69) is 10.6 Å². The molecule has 0 saturated heterocycles. The van der Waals surface area contributed by atoms with E-state index in [1.807, 2.05) is 0 Å². The summed E-state index contributed by atoms with van der Waals surface area (Å²) in [4.78, 5) is 11.8. The number of nitrogen functional groups attached to an aromatic ring is 1. The molecule has 2 rings (SSSR count). The van der Waals surface area contributed by atoms with Gasteiger partial charge in [0, 0.05) is 21.4 Å². The fraction of sp³-hybridized carbons (Fsp3) is 0. The van der Waals surface area contributed by atoms with Crippen LogP contribution in [0.2, 0.25) is 10.0 Å². The number of anilines is 3. The van der Waals surface area contributed by atoms with Gasteiger partial charge in [-0.25, -0.2) is 9.18 Å². The molecular weight excluding hydrogens is 304 g/mol. The number of nitrogens with two attached hydrogens (primary N) is 1. The van der Waals surface area contributed by atoms with Gasteiger partial charge in [-0.3, -0.25) is 0 Å². The van der Waals surface area contributed by atoms with Crippen molar-refractivity contribution in [1.82, 2.24) is 0 Å². The fourth-order valence-electron chi connectivity index (χ4n) is 1.55. The number of halogens is 3. The second-order valence-corrected chi connectivity index (χ2v) is 4.85. The summed E-state index contributed by atoms with van der Waals surface area (Å²) in [6.45, 7) is 0. The van der Waals surface area contributed by atoms with Crippen LogP contribution in [0.25, 0.3) is 0 Å². The number of carbonyl (C=O) groups excluding carboxylic acids is 1. The molecule has 4 N–H and O–H groups in total. The Morgan fingerprint density at radius 3 is 2.35 bits per heavy atom. The molecule has 0 radical (unpaired) electrons. The van der Waals surface area contributed by atoms with E-state index in [1.165, 1.54) is 36.4 Å². The van der Waals surface area contributed by atoms with Crippen molar-refractivity contribution < 1.29 is 9.18 Å². The second-order valence-electron chi connectivity index (χ2n) is 3.98. The first-order chi connectivity index (χ1) is 9.44. The Kier molecular flexibility index (Phi) is 4.32. The van der Waals surface area contributed by atoms with Gasteiger partial charge < -0.3 is 16.4 Å². The lowest BCUT2D eigenvalue weighted by atomic mass is 10.2. The molecule has 2 amide bonds. The molecule has 0 fully saturated rings. The zero-order valence-corrected chi connectivity index (χ0v) is 11.6. The largest absolute Gasteiger partial charge is 0.399 e. The standard InChI is InChI=1S/C13H10Cl2FN3O/c14-7-3-8(15)5-10(4-7)18-13(20)19-12-6-9(17)1-2-11(12)16/h1-6H,17H2,(H2,18,19,20). The summed E-state index contributed by atoms with van der Waals surface area (Å²) in [5.74, 6) is -0.585. The van der Waals surface area contributed by atoms with Crippen LogP contribution < -0.4 is 16.4 Å². The first-order valence-electron chi connectivity index (χ1n) is 5.53. The SMILES string of the molecule is Nc1ccc(F)c(NC(=O)Nc2cc(Cl)cc(Cl)c2)c1. The number of urea groups is 1. The van der Waals surface area contributed by atoms with Gasteiger partial charge in [0.15, 0.2) is 0 Å². The third kappa shape index (κ3) is 3.76. The van der Waals surface area contributed by atoms with Crippen LogP contribution in [0.15, 0.2) is 36.4 Å². The average Bonchev–Trinajstić information content (AvgIpc) is 2.32. The Morgan fingerprint density at radius 2 is 1.70 bits per heavy atom. The molecule has 0 atom stereocenters. The zero-order valence-electron chi connectivity index (χ0n) is 10.1. The summed E-state index contributed by atoms with van der Waals surface area (Å²) in [7, 11) is 0. The molecule has 0 aliphatic heterocycles. The molecule has 2 aromatic rings. The van der Waals surface area contributed by atoms with E-state index in [4.69, 9.17) is 28.9 Å². The van der Waals surface area contributed by atoms with Crippen LogP contribution in [-0.4, -0.2) is 6.03 Å². The predicted octanol–water partition coefficient (Wildman–Crippen LogP) is 4.36. The van der Waals surface area contributed by atoms with Crippen molar-refractivity contribution in [3.05, 3.63) is 52.3 Å². The quantitative estimate of drug-likeness (QED) is 0.721. The van der Waals surface area contributed by atoms with Crippen molar-refractivity contribution in [1.29, 1.82) is 0 Å². The Balaban J connectivity index is 2.11. The molecule has 0 aliphatic carbocycles. The topological polar surface area (TPSA) is 67.1 Å². The fourth-order valence-corrected chi connectivity index (χ4v) is 2.08. The van der Waals surface area contributed by atoms with E-state index in [0.29, 0.717) is 21.4 Å². The monoisotopic (exact) mass is 313 g/mol. The molecule has 20 heavy (non-hydrogen) atoms. The number of benzene rings is 2. The number of nitrogens with one attached hydrogen (secondary N) is 2. The van der Waals surface area contributed by atoms with Crippen LogP contribution in [-0.2, 0) is 0 Å². The Labute approximate surface area is 124 Å². The molecule has 104 valence electrons. The molecule has 0 aliphatic rings. The number of rotatable bonds is 2. The summed E-state index contributed by atoms with van der Waals surface area (Å²) < 4.78 is 13.5. The lowest BCUT2D eigenvalue weighted by molar-refractivity contribution is 0.262. The van der Waals surface area contributed by atoms with Gasteiger partial charge in [-0.15, -0.1) is 0 Å². The second kappa shape index (κ2) is 5.98. The summed E-state index contributed by atoms with van der Waals surface area (Å²) in [6, 6.07) is 7.82. The molecule has 0 saturated carbocycles. The Morgan fingerprint density at radius 1 is 1.05 bits per heavy atom. The van der Waals surface area contributed by atoms with Gasteiger partial charge in [0.2, 0.25) is 0 Å². The van der Waals surface area contributed by atoms with Crippen LogP contribution in [0.5, 0.6) is 0 Å². The van der Waals surface area contributed by atoms with Gasteiger partial charge in [0.1, 0.15) is 5.82 Å².